The first kappa shape index (κ1) is 19.2. The van der Waals surface area contributed by atoms with Gasteiger partial charge in [0.05, 0.1) is 0 Å². The van der Waals surface area contributed by atoms with Crippen molar-refractivity contribution in [2.75, 3.05) is 26.2 Å². The summed E-state index contributed by atoms with van der Waals surface area (Å²) in [6, 6.07) is 3.49. The summed E-state index contributed by atoms with van der Waals surface area (Å²) in [4.78, 5) is 26.3. The zero-order chi connectivity index (χ0) is 18.4. The molecule has 1 aromatic carbocycles. The fraction of sp³-hybridized carbons (Fsp3) is 0.579. The molecule has 0 spiro atoms. The van der Waals surface area contributed by atoms with Gasteiger partial charge in [0.15, 0.2) is 6.61 Å². The number of hydrogen-bond acceptors (Lipinski definition) is 4. The van der Waals surface area contributed by atoms with E-state index in [9.17, 15) is 9.59 Å². The maximum Gasteiger partial charge on any atom is 0.260 e. The molecular weight excluding hydrogens is 318 g/mol. The summed E-state index contributed by atoms with van der Waals surface area (Å²) in [5, 5.41) is 2.85. The van der Waals surface area contributed by atoms with Crippen molar-refractivity contribution in [2.24, 2.45) is 5.73 Å². The highest BCUT2D eigenvalue weighted by molar-refractivity contribution is 5.95. The lowest BCUT2D eigenvalue weighted by Crippen LogP contribution is -2.38. The number of amides is 2. The predicted octanol–water partition coefficient (Wildman–Crippen LogP) is 1.77. The molecule has 2 rings (SSSR count). The fourth-order valence-electron chi connectivity index (χ4n) is 3.04. The molecule has 1 aliphatic rings. The Bertz CT molecular complexity index is 601. The van der Waals surface area contributed by atoms with Crippen molar-refractivity contribution >= 4 is 11.8 Å². The van der Waals surface area contributed by atoms with Crippen LogP contribution < -0.4 is 15.8 Å². The Morgan fingerprint density at radius 2 is 1.80 bits per heavy atom. The minimum absolute atomic E-state index is 0.0251. The van der Waals surface area contributed by atoms with Crippen LogP contribution in [-0.4, -0.2) is 49.0 Å². The molecule has 1 fully saturated rings. The molecule has 0 unspecified atom stereocenters. The van der Waals surface area contributed by atoms with Gasteiger partial charge in [-0.2, -0.15) is 0 Å². The molecule has 6 nitrogen and oxygen atoms in total. The quantitative estimate of drug-likeness (QED) is 0.821. The summed E-state index contributed by atoms with van der Waals surface area (Å²) in [6.45, 7) is 7.70. The molecule has 0 aromatic heterocycles. The second kappa shape index (κ2) is 8.85. The summed E-state index contributed by atoms with van der Waals surface area (Å²) in [6.07, 6.45) is 3.32. The lowest BCUT2D eigenvalue weighted by molar-refractivity contribution is -0.134. The van der Waals surface area contributed by atoms with E-state index < -0.39 is 0 Å². The van der Waals surface area contributed by atoms with Gasteiger partial charge in [-0.05, 0) is 63.3 Å². The number of nitrogens with two attached hydrogens (primary N) is 1. The van der Waals surface area contributed by atoms with E-state index in [1.54, 1.807) is 12.1 Å². The molecule has 0 saturated carbocycles. The first-order valence-corrected chi connectivity index (χ1v) is 8.95. The van der Waals surface area contributed by atoms with E-state index in [0.29, 0.717) is 17.9 Å². The van der Waals surface area contributed by atoms with Gasteiger partial charge in [-0.25, -0.2) is 0 Å². The Labute approximate surface area is 149 Å². The number of ether oxygens (including phenoxy) is 1. The van der Waals surface area contributed by atoms with Crippen molar-refractivity contribution in [3.05, 3.63) is 28.8 Å². The van der Waals surface area contributed by atoms with Crippen LogP contribution in [0.25, 0.3) is 0 Å². The first-order chi connectivity index (χ1) is 11.9. The number of likely N-dealkylation sites (tertiary alicyclic amines) is 1. The van der Waals surface area contributed by atoms with Crippen LogP contribution >= 0.6 is 0 Å². The maximum atomic E-state index is 12.2. The van der Waals surface area contributed by atoms with E-state index in [1.165, 1.54) is 6.42 Å². The smallest absolute Gasteiger partial charge is 0.260 e. The number of aryl methyl sites for hydroxylation is 2. The van der Waals surface area contributed by atoms with E-state index in [4.69, 9.17) is 10.5 Å². The lowest BCUT2D eigenvalue weighted by atomic mass is 10.0. The second-order valence-electron chi connectivity index (χ2n) is 6.78. The summed E-state index contributed by atoms with van der Waals surface area (Å²) in [5.74, 6) is 0.547. The number of nitrogens with zero attached hydrogens (tertiary/aromatic N) is 1. The summed E-state index contributed by atoms with van der Waals surface area (Å²) < 4.78 is 5.78. The van der Waals surface area contributed by atoms with Crippen LogP contribution in [0.15, 0.2) is 12.1 Å². The van der Waals surface area contributed by atoms with Crippen molar-refractivity contribution in [3.63, 3.8) is 0 Å². The third kappa shape index (κ3) is 5.19. The van der Waals surface area contributed by atoms with E-state index in [0.717, 1.165) is 37.1 Å². The average Bonchev–Trinajstić information content (AvgIpc) is 2.61. The zero-order valence-electron chi connectivity index (χ0n) is 15.4. The monoisotopic (exact) mass is 347 g/mol. The largest absolute Gasteiger partial charge is 0.483 e. The van der Waals surface area contributed by atoms with Crippen molar-refractivity contribution in [3.8, 4) is 5.75 Å². The predicted molar refractivity (Wildman–Crippen MR) is 97.8 cm³/mol. The molecule has 1 atom stereocenters. The van der Waals surface area contributed by atoms with Crippen LogP contribution in [0.4, 0.5) is 0 Å². The molecular formula is C19H29N3O3. The van der Waals surface area contributed by atoms with Crippen molar-refractivity contribution < 1.29 is 14.3 Å². The average molecular weight is 347 g/mol. The van der Waals surface area contributed by atoms with Crippen LogP contribution in [0.2, 0.25) is 0 Å². The van der Waals surface area contributed by atoms with Gasteiger partial charge >= 0.3 is 0 Å². The van der Waals surface area contributed by atoms with Gasteiger partial charge in [-0.15, -0.1) is 0 Å². The molecule has 1 saturated heterocycles. The molecule has 0 radical (unpaired) electrons. The van der Waals surface area contributed by atoms with Gasteiger partial charge in [-0.3, -0.25) is 9.59 Å². The zero-order valence-corrected chi connectivity index (χ0v) is 15.4. The minimum atomic E-state index is -0.153. The third-order valence-electron chi connectivity index (χ3n) is 4.50. The first-order valence-electron chi connectivity index (χ1n) is 8.95. The van der Waals surface area contributed by atoms with Crippen LogP contribution in [-0.2, 0) is 4.79 Å². The number of carbonyl (C=O) groups is 2. The molecule has 3 N–H and O–H groups in total. The molecule has 138 valence electrons. The van der Waals surface area contributed by atoms with E-state index in [-0.39, 0.29) is 24.5 Å². The molecule has 2 amide bonds. The topological polar surface area (TPSA) is 84.7 Å². The highest BCUT2D eigenvalue weighted by Gasteiger charge is 2.18. The molecule has 6 heteroatoms. The van der Waals surface area contributed by atoms with Gasteiger partial charge in [0.2, 0.25) is 0 Å². The Kier molecular flexibility index (Phi) is 6.82. The molecule has 1 heterocycles. The molecule has 25 heavy (non-hydrogen) atoms. The van der Waals surface area contributed by atoms with Crippen LogP contribution in [0.1, 0.15) is 47.7 Å². The standard InChI is InChI=1S/C19H29N3O3/c1-13-9-16(19(24)21-15(3)11-20)10-14(2)18(13)25-12-17(23)22-7-5-4-6-8-22/h9-10,15H,4-8,11-12,20H2,1-3H3,(H,21,24)/t15-/m0/s1. The molecule has 1 aliphatic heterocycles. The maximum absolute atomic E-state index is 12.2. The van der Waals surface area contributed by atoms with E-state index >= 15 is 0 Å². The Balaban J connectivity index is 2.01. The number of nitrogens with one attached hydrogen (secondary N) is 1. The van der Waals surface area contributed by atoms with Gasteiger partial charge in [-0.1, -0.05) is 0 Å². The fourth-order valence-corrected chi connectivity index (χ4v) is 3.04. The highest BCUT2D eigenvalue weighted by atomic mass is 16.5. The molecule has 1 aromatic rings. The van der Waals surface area contributed by atoms with Gasteiger partial charge in [0.25, 0.3) is 11.8 Å². The lowest BCUT2D eigenvalue weighted by Gasteiger charge is -2.27. The number of piperidine rings is 1. The summed E-state index contributed by atoms with van der Waals surface area (Å²) in [7, 11) is 0. The second-order valence-corrected chi connectivity index (χ2v) is 6.78. The van der Waals surface area contributed by atoms with E-state index in [1.807, 2.05) is 25.7 Å². The van der Waals surface area contributed by atoms with Crippen LogP contribution in [0.5, 0.6) is 5.75 Å². The van der Waals surface area contributed by atoms with Gasteiger partial charge < -0.3 is 20.7 Å². The van der Waals surface area contributed by atoms with Crippen LogP contribution in [0.3, 0.4) is 0 Å². The van der Waals surface area contributed by atoms with E-state index in [2.05, 4.69) is 5.32 Å². The van der Waals surface area contributed by atoms with Gasteiger partial charge in [0, 0.05) is 31.2 Å². The number of benzene rings is 1. The Morgan fingerprint density at radius 1 is 1.20 bits per heavy atom. The van der Waals surface area contributed by atoms with Crippen molar-refractivity contribution in [1.82, 2.24) is 10.2 Å². The number of rotatable bonds is 6. The molecule has 0 aliphatic carbocycles. The summed E-state index contributed by atoms with van der Waals surface area (Å²) >= 11 is 0. The van der Waals surface area contributed by atoms with Crippen LogP contribution in [0, 0.1) is 13.8 Å². The van der Waals surface area contributed by atoms with Crippen molar-refractivity contribution in [1.29, 1.82) is 0 Å². The third-order valence-corrected chi connectivity index (χ3v) is 4.50. The Hall–Kier alpha value is -2.08. The number of hydrogen-bond donors (Lipinski definition) is 2. The summed E-state index contributed by atoms with van der Waals surface area (Å²) in [5.41, 5.74) is 7.80. The minimum Gasteiger partial charge on any atom is -0.483 e. The Morgan fingerprint density at radius 3 is 2.36 bits per heavy atom. The SMILES string of the molecule is Cc1cc(C(=O)N[C@@H](C)CN)cc(C)c1OCC(=O)N1CCCCC1. The normalized spacial score (nSPS) is 15.6. The molecule has 0 bridgehead atoms. The highest BCUT2D eigenvalue weighted by Crippen LogP contribution is 2.25. The van der Waals surface area contributed by atoms with Crippen molar-refractivity contribution in [2.45, 2.75) is 46.1 Å². The number of carbonyl (C=O) groups excluding carboxylic acids is 2. The van der Waals surface area contributed by atoms with Gasteiger partial charge in [0.1, 0.15) is 5.75 Å².